The third-order valence-electron chi connectivity index (χ3n) is 3.56. The Bertz CT molecular complexity index is 650. The van der Waals surface area contributed by atoms with Gasteiger partial charge in [-0.05, 0) is 49.6 Å². The van der Waals surface area contributed by atoms with Gasteiger partial charge in [-0.1, -0.05) is 29.8 Å². The summed E-state index contributed by atoms with van der Waals surface area (Å²) in [5.74, 6) is -1.25. The van der Waals surface area contributed by atoms with Gasteiger partial charge in [0, 0.05) is 0 Å². The summed E-state index contributed by atoms with van der Waals surface area (Å²) in [6, 6.07) is 11.4. The Hall–Kier alpha value is -2.36. The van der Waals surface area contributed by atoms with Crippen molar-refractivity contribution < 1.29 is 19.0 Å². The summed E-state index contributed by atoms with van der Waals surface area (Å²) in [5.41, 5.74) is 2.76. The third kappa shape index (κ3) is 4.07. The van der Waals surface area contributed by atoms with Crippen molar-refractivity contribution in [1.29, 1.82) is 0 Å². The first-order chi connectivity index (χ1) is 10.5. The van der Waals surface area contributed by atoms with E-state index in [9.17, 15) is 14.3 Å². The van der Waals surface area contributed by atoms with Gasteiger partial charge in [-0.2, -0.15) is 0 Å². The van der Waals surface area contributed by atoms with Crippen LogP contribution in [0, 0.1) is 19.7 Å². The largest absolute Gasteiger partial charge is 0.493 e. The predicted octanol–water partition coefficient (Wildman–Crippen LogP) is 4.08. The maximum Gasteiger partial charge on any atom is 0.311 e. The maximum atomic E-state index is 12.9. The van der Waals surface area contributed by atoms with E-state index >= 15 is 0 Å². The molecule has 2 aromatic rings. The van der Waals surface area contributed by atoms with Crippen LogP contribution in [-0.4, -0.2) is 17.7 Å². The number of aliphatic carboxylic acids is 1. The highest BCUT2D eigenvalue weighted by atomic mass is 19.1. The van der Waals surface area contributed by atoms with Gasteiger partial charge < -0.3 is 9.84 Å². The number of carboxylic acid groups (broad SMARTS) is 1. The topological polar surface area (TPSA) is 46.5 Å². The summed E-state index contributed by atoms with van der Waals surface area (Å²) in [6.45, 7) is 4.25. The van der Waals surface area contributed by atoms with E-state index in [1.807, 2.05) is 32.0 Å². The van der Waals surface area contributed by atoms with Crippen LogP contribution in [-0.2, 0) is 4.79 Å². The van der Waals surface area contributed by atoms with Crippen LogP contribution >= 0.6 is 0 Å². The molecule has 3 nitrogen and oxygen atoms in total. The van der Waals surface area contributed by atoms with Crippen molar-refractivity contribution in [3.63, 3.8) is 0 Å². The summed E-state index contributed by atoms with van der Waals surface area (Å²) in [5, 5.41) is 9.33. The summed E-state index contributed by atoms with van der Waals surface area (Å²) >= 11 is 0. The van der Waals surface area contributed by atoms with Crippen molar-refractivity contribution in [2.45, 2.75) is 26.2 Å². The number of halogens is 1. The van der Waals surface area contributed by atoms with Gasteiger partial charge in [-0.25, -0.2) is 4.39 Å². The summed E-state index contributed by atoms with van der Waals surface area (Å²) < 4.78 is 18.6. The second kappa shape index (κ2) is 7.07. The van der Waals surface area contributed by atoms with Gasteiger partial charge in [0.25, 0.3) is 0 Å². The fraction of sp³-hybridized carbons (Fsp3) is 0.278. The minimum atomic E-state index is -0.934. The lowest BCUT2D eigenvalue weighted by Crippen LogP contribution is -2.15. The first-order valence-electron chi connectivity index (χ1n) is 7.15. The molecule has 0 saturated carbocycles. The van der Waals surface area contributed by atoms with Gasteiger partial charge in [0.05, 0.1) is 12.5 Å². The van der Waals surface area contributed by atoms with Gasteiger partial charge in [0.2, 0.25) is 0 Å². The van der Waals surface area contributed by atoms with Crippen molar-refractivity contribution in [2.75, 3.05) is 6.61 Å². The third-order valence-corrected chi connectivity index (χ3v) is 3.56. The molecule has 0 radical (unpaired) electrons. The number of rotatable bonds is 6. The fourth-order valence-electron chi connectivity index (χ4n) is 2.38. The van der Waals surface area contributed by atoms with E-state index in [2.05, 4.69) is 0 Å². The molecular weight excluding hydrogens is 283 g/mol. The molecule has 0 aliphatic rings. The average Bonchev–Trinajstić information content (AvgIpc) is 2.46. The summed E-state index contributed by atoms with van der Waals surface area (Å²) in [6.07, 6.45) is 0.328. The molecule has 116 valence electrons. The SMILES string of the molecule is Cc1ccc(OCCC(C(=O)O)c2ccc(F)cc2)c(C)c1. The molecule has 0 heterocycles. The van der Waals surface area contributed by atoms with Crippen LogP contribution < -0.4 is 4.74 Å². The van der Waals surface area contributed by atoms with E-state index < -0.39 is 11.9 Å². The van der Waals surface area contributed by atoms with Gasteiger partial charge in [0.1, 0.15) is 11.6 Å². The monoisotopic (exact) mass is 302 g/mol. The normalized spacial score (nSPS) is 12.0. The second-order valence-electron chi connectivity index (χ2n) is 5.35. The Balaban J connectivity index is 2.00. The number of carbonyl (C=O) groups is 1. The standard InChI is InChI=1S/C18H19FO3/c1-12-3-8-17(13(2)11-12)22-10-9-16(18(20)21)14-4-6-15(19)7-5-14/h3-8,11,16H,9-10H2,1-2H3,(H,20,21). The zero-order chi connectivity index (χ0) is 16.1. The highest BCUT2D eigenvalue weighted by molar-refractivity contribution is 5.76. The zero-order valence-electron chi connectivity index (χ0n) is 12.7. The van der Waals surface area contributed by atoms with Crippen LogP contribution in [0.4, 0.5) is 4.39 Å². The number of carboxylic acids is 1. The van der Waals surface area contributed by atoms with Gasteiger partial charge in [-0.3, -0.25) is 4.79 Å². The number of hydrogen-bond donors (Lipinski definition) is 1. The fourth-order valence-corrected chi connectivity index (χ4v) is 2.38. The zero-order valence-corrected chi connectivity index (χ0v) is 12.7. The molecule has 0 amide bonds. The van der Waals surface area contributed by atoms with Crippen molar-refractivity contribution in [3.8, 4) is 5.75 Å². The number of benzene rings is 2. The van der Waals surface area contributed by atoms with E-state index in [0.717, 1.165) is 16.9 Å². The van der Waals surface area contributed by atoms with Crippen LogP contribution in [0.25, 0.3) is 0 Å². The van der Waals surface area contributed by atoms with Crippen LogP contribution in [0.1, 0.15) is 29.0 Å². The Morgan fingerprint density at radius 1 is 1.18 bits per heavy atom. The molecule has 0 spiro atoms. The Morgan fingerprint density at radius 3 is 2.45 bits per heavy atom. The van der Waals surface area contributed by atoms with Crippen LogP contribution in [0.2, 0.25) is 0 Å². The van der Waals surface area contributed by atoms with E-state index in [4.69, 9.17) is 4.74 Å². The van der Waals surface area contributed by atoms with E-state index in [1.54, 1.807) is 0 Å². The highest BCUT2D eigenvalue weighted by Crippen LogP contribution is 2.23. The molecule has 1 unspecified atom stereocenters. The lowest BCUT2D eigenvalue weighted by molar-refractivity contribution is -0.139. The molecule has 0 aliphatic heterocycles. The maximum absolute atomic E-state index is 12.9. The van der Waals surface area contributed by atoms with Crippen molar-refractivity contribution >= 4 is 5.97 Å². The molecule has 0 aliphatic carbocycles. The van der Waals surface area contributed by atoms with Gasteiger partial charge >= 0.3 is 5.97 Å². The molecule has 1 N–H and O–H groups in total. The Kier molecular flexibility index (Phi) is 5.15. The van der Waals surface area contributed by atoms with Crippen LogP contribution in [0.3, 0.4) is 0 Å². The second-order valence-corrected chi connectivity index (χ2v) is 5.35. The molecule has 0 saturated heterocycles. The van der Waals surface area contributed by atoms with Crippen LogP contribution in [0.15, 0.2) is 42.5 Å². The predicted molar refractivity (Wildman–Crippen MR) is 82.8 cm³/mol. The van der Waals surface area contributed by atoms with Crippen molar-refractivity contribution in [2.24, 2.45) is 0 Å². The summed E-state index contributed by atoms with van der Waals surface area (Å²) in [4.78, 5) is 11.4. The molecule has 2 rings (SSSR count). The van der Waals surface area contributed by atoms with Crippen LogP contribution in [0.5, 0.6) is 5.75 Å². The molecule has 0 aromatic heterocycles. The molecule has 0 bridgehead atoms. The lowest BCUT2D eigenvalue weighted by atomic mass is 9.96. The highest BCUT2D eigenvalue weighted by Gasteiger charge is 2.20. The molecule has 0 fully saturated rings. The van der Waals surface area contributed by atoms with Gasteiger partial charge in [0.15, 0.2) is 0 Å². The average molecular weight is 302 g/mol. The molecule has 4 heteroatoms. The molecule has 1 atom stereocenters. The quantitative estimate of drug-likeness (QED) is 0.874. The molecule has 2 aromatic carbocycles. The van der Waals surface area contributed by atoms with Crippen molar-refractivity contribution in [3.05, 3.63) is 65.0 Å². The molecular formula is C18H19FO3. The first kappa shape index (κ1) is 16.0. The number of aryl methyl sites for hydroxylation is 2. The Morgan fingerprint density at radius 2 is 1.86 bits per heavy atom. The minimum Gasteiger partial charge on any atom is -0.493 e. The van der Waals surface area contributed by atoms with Crippen molar-refractivity contribution in [1.82, 2.24) is 0 Å². The lowest BCUT2D eigenvalue weighted by Gasteiger charge is -2.14. The minimum absolute atomic E-state index is 0.290. The van der Waals surface area contributed by atoms with E-state index in [0.29, 0.717) is 12.0 Å². The Labute approximate surface area is 129 Å². The smallest absolute Gasteiger partial charge is 0.311 e. The first-order valence-corrected chi connectivity index (χ1v) is 7.15. The molecule has 22 heavy (non-hydrogen) atoms. The van der Waals surface area contributed by atoms with E-state index in [1.165, 1.54) is 24.3 Å². The number of hydrogen-bond acceptors (Lipinski definition) is 2. The van der Waals surface area contributed by atoms with Gasteiger partial charge in [-0.15, -0.1) is 0 Å². The summed E-state index contributed by atoms with van der Waals surface area (Å²) in [7, 11) is 0. The van der Waals surface area contributed by atoms with E-state index in [-0.39, 0.29) is 12.4 Å². The number of ether oxygens (including phenoxy) is 1.